The van der Waals surface area contributed by atoms with Crippen LogP contribution in [0.3, 0.4) is 0 Å². The van der Waals surface area contributed by atoms with Crippen LogP contribution in [0.1, 0.15) is 21.6 Å². The monoisotopic (exact) mass is 356 g/mol. The zero-order valence-corrected chi connectivity index (χ0v) is 14.1. The topological polar surface area (TPSA) is 90.5 Å². The van der Waals surface area contributed by atoms with Crippen molar-refractivity contribution in [2.24, 2.45) is 0 Å². The van der Waals surface area contributed by atoms with Gasteiger partial charge >= 0.3 is 5.97 Å². The largest absolute Gasteiger partial charge is 0.478 e. The number of sulfonamides is 1. The van der Waals surface area contributed by atoms with E-state index >= 15 is 0 Å². The molecule has 1 aliphatic heterocycles. The summed E-state index contributed by atoms with van der Waals surface area (Å²) in [4.78, 5) is 14.4. The predicted octanol–water partition coefficient (Wildman–Crippen LogP) is 2.61. The quantitative estimate of drug-likeness (QED) is 0.755. The molecule has 0 atom stereocenters. The Bertz CT molecular complexity index is 1070. The fourth-order valence-electron chi connectivity index (χ4n) is 3.27. The number of carboxylic acid groups (broad SMARTS) is 1. The fourth-order valence-corrected chi connectivity index (χ4v) is 4.67. The molecular formula is C18H16N2O4S. The number of aromatic nitrogens is 1. The molecule has 3 aromatic rings. The van der Waals surface area contributed by atoms with Crippen LogP contribution in [0.4, 0.5) is 0 Å². The molecule has 2 aromatic carbocycles. The Hall–Kier alpha value is -2.64. The van der Waals surface area contributed by atoms with E-state index in [1.165, 1.54) is 28.6 Å². The summed E-state index contributed by atoms with van der Waals surface area (Å²) >= 11 is 0. The Labute approximate surface area is 144 Å². The summed E-state index contributed by atoms with van der Waals surface area (Å²) in [6, 6.07) is 13.2. The van der Waals surface area contributed by atoms with Gasteiger partial charge in [0.15, 0.2) is 0 Å². The molecule has 128 valence electrons. The first-order valence-corrected chi connectivity index (χ1v) is 9.33. The molecule has 0 radical (unpaired) electrons. The van der Waals surface area contributed by atoms with Crippen LogP contribution in [-0.2, 0) is 23.0 Å². The van der Waals surface area contributed by atoms with Gasteiger partial charge in [-0.05, 0) is 35.9 Å². The third-order valence-corrected chi connectivity index (χ3v) is 6.45. The maximum absolute atomic E-state index is 12.9. The van der Waals surface area contributed by atoms with Gasteiger partial charge in [-0.15, -0.1) is 0 Å². The zero-order chi connectivity index (χ0) is 17.6. The lowest BCUT2D eigenvalue weighted by atomic mass is 10.1. The number of nitrogens with one attached hydrogen (secondary N) is 1. The Kier molecular flexibility index (Phi) is 3.63. The summed E-state index contributed by atoms with van der Waals surface area (Å²) < 4.78 is 27.3. The lowest BCUT2D eigenvalue weighted by molar-refractivity contribution is 0.0696. The van der Waals surface area contributed by atoms with Crippen molar-refractivity contribution in [3.63, 3.8) is 0 Å². The number of hydrogen-bond acceptors (Lipinski definition) is 3. The standard InChI is InChI=1S/C18H16N2O4S/c21-18(22)12-5-7-13(8-6-12)25(23,24)20-10-9-17-15(11-20)14-3-1-2-4-16(14)19-17/h1-8,19H,9-11H2,(H,21,22). The fraction of sp³-hybridized carbons (Fsp3) is 0.167. The van der Waals surface area contributed by atoms with Crippen molar-refractivity contribution in [3.8, 4) is 0 Å². The summed E-state index contributed by atoms with van der Waals surface area (Å²) in [6.07, 6.45) is 0.621. The molecule has 7 heteroatoms. The third-order valence-electron chi connectivity index (χ3n) is 4.59. The van der Waals surface area contributed by atoms with Crippen molar-refractivity contribution in [1.29, 1.82) is 0 Å². The van der Waals surface area contributed by atoms with Crippen molar-refractivity contribution in [2.75, 3.05) is 6.54 Å². The van der Waals surface area contributed by atoms with Gasteiger partial charge in [0, 0.05) is 36.1 Å². The Morgan fingerprint density at radius 1 is 1.08 bits per heavy atom. The second-order valence-corrected chi connectivity index (χ2v) is 7.98. The second kappa shape index (κ2) is 5.72. The Morgan fingerprint density at radius 2 is 1.80 bits per heavy atom. The average molecular weight is 356 g/mol. The van der Waals surface area contributed by atoms with Crippen molar-refractivity contribution in [2.45, 2.75) is 17.9 Å². The number of rotatable bonds is 3. The number of nitrogens with zero attached hydrogens (tertiary/aromatic N) is 1. The Balaban J connectivity index is 1.69. The van der Waals surface area contributed by atoms with E-state index in [0.717, 1.165) is 22.2 Å². The number of carboxylic acids is 1. The number of fused-ring (bicyclic) bond motifs is 3. The van der Waals surface area contributed by atoms with Crippen molar-refractivity contribution < 1.29 is 18.3 Å². The highest BCUT2D eigenvalue weighted by Gasteiger charge is 2.30. The SMILES string of the molecule is O=C(O)c1ccc(S(=O)(=O)N2CCc3[nH]c4ccccc4c3C2)cc1. The van der Waals surface area contributed by atoms with E-state index in [4.69, 9.17) is 5.11 Å². The normalized spacial score (nSPS) is 15.2. The van der Waals surface area contributed by atoms with Gasteiger partial charge in [0.25, 0.3) is 0 Å². The molecule has 0 spiro atoms. The molecule has 0 bridgehead atoms. The molecule has 6 nitrogen and oxygen atoms in total. The summed E-state index contributed by atoms with van der Waals surface area (Å²) in [5.41, 5.74) is 3.16. The van der Waals surface area contributed by atoms with E-state index in [-0.39, 0.29) is 10.5 Å². The van der Waals surface area contributed by atoms with Gasteiger partial charge in [-0.25, -0.2) is 13.2 Å². The van der Waals surface area contributed by atoms with Gasteiger partial charge in [0.2, 0.25) is 10.0 Å². The summed E-state index contributed by atoms with van der Waals surface area (Å²) in [5.74, 6) is -1.08. The molecule has 0 unspecified atom stereocenters. The van der Waals surface area contributed by atoms with Gasteiger partial charge in [0.1, 0.15) is 0 Å². The van der Waals surface area contributed by atoms with Crippen molar-refractivity contribution in [1.82, 2.24) is 9.29 Å². The van der Waals surface area contributed by atoms with E-state index in [9.17, 15) is 13.2 Å². The number of benzene rings is 2. The number of hydrogen-bond donors (Lipinski definition) is 2. The first-order valence-electron chi connectivity index (χ1n) is 7.89. The van der Waals surface area contributed by atoms with E-state index in [0.29, 0.717) is 19.5 Å². The first-order chi connectivity index (χ1) is 12.0. The van der Waals surface area contributed by atoms with E-state index in [1.807, 2.05) is 24.3 Å². The van der Waals surface area contributed by atoms with Gasteiger partial charge in [-0.3, -0.25) is 0 Å². The number of aromatic amines is 1. The van der Waals surface area contributed by atoms with Gasteiger partial charge < -0.3 is 10.1 Å². The highest BCUT2D eigenvalue weighted by Crippen LogP contribution is 2.30. The van der Waals surface area contributed by atoms with E-state index in [1.54, 1.807) is 0 Å². The molecule has 1 aromatic heterocycles. The van der Waals surface area contributed by atoms with Crippen LogP contribution < -0.4 is 0 Å². The molecule has 2 N–H and O–H groups in total. The molecule has 0 saturated heterocycles. The lowest BCUT2D eigenvalue weighted by Gasteiger charge is -2.26. The number of para-hydroxylation sites is 1. The molecule has 0 fully saturated rings. The second-order valence-electron chi connectivity index (χ2n) is 6.05. The smallest absolute Gasteiger partial charge is 0.335 e. The van der Waals surface area contributed by atoms with Crippen LogP contribution in [0.15, 0.2) is 53.4 Å². The van der Waals surface area contributed by atoms with Crippen LogP contribution in [0.25, 0.3) is 10.9 Å². The predicted molar refractivity (Wildman–Crippen MR) is 93.0 cm³/mol. The van der Waals surface area contributed by atoms with E-state index in [2.05, 4.69) is 4.98 Å². The minimum atomic E-state index is -3.67. The van der Waals surface area contributed by atoms with Crippen LogP contribution in [-0.4, -0.2) is 35.3 Å². The Morgan fingerprint density at radius 3 is 2.52 bits per heavy atom. The van der Waals surface area contributed by atoms with Gasteiger partial charge in [0.05, 0.1) is 10.5 Å². The number of aromatic carboxylic acids is 1. The van der Waals surface area contributed by atoms with Crippen LogP contribution in [0.2, 0.25) is 0 Å². The van der Waals surface area contributed by atoms with Crippen molar-refractivity contribution >= 4 is 26.9 Å². The summed E-state index contributed by atoms with van der Waals surface area (Å²) in [5, 5.41) is 9.99. The maximum atomic E-state index is 12.9. The highest BCUT2D eigenvalue weighted by molar-refractivity contribution is 7.89. The van der Waals surface area contributed by atoms with Crippen molar-refractivity contribution in [3.05, 3.63) is 65.4 Å². The molecular weight excluding hydrogens is 340 g/mol. The average Bonchev–Trinajstić information content (AvgIpc) is 2.99. The van der Waals surface area contributed by atoms with Crippen LogP contribution in [0.5, 0.6) is 0 Å². The minimum Gasteiger partial charge on any atom is -0.478 e. The molecule has 1 aliphatic rings. The third kappa shape index (κ3) is 2.61. The van der Waals surface area contributed by atoms with E-state index < -0.39 is 16.0 Å². The molecule has 0 amide bonds. The molecule has 2 heterocycles. The van der Waals surface area contributed by atoms with Crippen LogP contribution in [0, 0.1) is 0 Å². The zero-order valence-electron chi connectivity index (χ0n) is 13.3. The van der Waals surface area contributed by atoms with Gasteiger partial charge in [-0.1, -0.05) is 18.2 Å². The van der Waals surface area contributed by atoms with Crippen LogP contribution >= 0.6 is 0 Å². The maximum Gasteiger partial charge on any atom is 0.335 e. The molecule has 4 rings (SSSR count). The van der Waals surface area contributed by atoms with Gasteiger partial charge in [-0.2, -0.15) is 4.31 Å². The molecule has 0 saturated carbocycles. The molecule has 0 aliphatic carbocycles. The highest BCUT2D eigenvalue weighted by atomic mass is 32.2. The number of H-pyrrole nitrogens is 1. The number of carbonyl (C=O) groups is 1. The molecule has 25 heavy (non-hydrogen) atoms. The summed E-state index contributed by atoms with van der Waals surface area (Å²) in [6.45, 7) is 0.700. The first kappa shape index (κ1) is 15.9. The minimum absolute atomic E-state index is 0.0662. The summed E-state index contributed by atoms with van der Waals surface area (Å²) in [7, 11) is -3.67. The lowest BCUT2D eigenvalue weighted by Crippen LogP contribution is -2.35.